The molecule has 0 saturated carbocycles. The van der Waals surface area contributed by atoms with E-state index >= 15 is 0 Å². The summed E-state index contributed by atoms with van der Waals surface area (Å²) >= 11 is 0. The lowest BCUT2D eigenvalue weighted by molar-refractivity contribution is -0.143. The molecule has 0 N–H and O–H groups in total. The van der Waals surface area contributed by atoms with E-state index in [0.717, 1.165) is 9.80 Å². The highest BCUT2D eigenvalue weighted by Gasteiger charge is 2.32. The van der Waals surface area contributed by atoms with Gasteiger partial charge in [0.15, 0.2) is 0 Å². The number of hydrogen-bond acceptors (Lipinski definition) is 4. The normalized spacial score (nSPS) is 21.5. The van der Waals surface area contributed by atoms with Gasteiger partial charge in [0.2, 0.25) is 23.6 Å². The van der Waals surface area contributed by atoms with Crippen LogP contribution in [0.15, 0.2) is 0 Å². The van der Waals surface area contributed by atoms with Crippen LogP contribution in [0, 0.1) is 0 Å². The number of nitrogens with zero attached hydrogens (tertiary/aromatic N) is 2. The van der Waals surface area contributed by atoms with Crippen LogP contribution in [0.3, 0.4) is 0 Å². The van der Waals surface area contributed by atoms with Crippen molar-refractivity contribution in [3.8, 4) is 0 Å². The molecule has 0 radical (unpaired) electrons. The molecule has 0 aromatic rings. The van der Waals surface area contributed by atoms with E-state index in [-0.39, 0.29) is 62.4 Å². The van der Waals surface area contributed by atoms with E-state index in [1.165, 1.54) is 0 Å². The summed E-state index contributed by atoms with van der Waals surface area (Å²) in [6.45, 7) is 0.268. The first kappa shape index (κ1) is 10.8. The summed E-state index contributed by atoms with van der Waals surface area (Å²) in [5, 5.41) is 0. The van der Waals surface area contributed by atoms with E-state index in [0.29, 0.717) is 0 Å². The highest BCUT2D eigenvalue weighted by molar-refractivity contribution is 6.03. The molecule has 2 fully saturated rings. The first-order valence-electron chi connectivity index (χ1n) is 5.26. The molecule has 2 aliphatic heterocycles. The largest absolute Gasteiger partial charge is 0.281 e. The second kappa shape index (κ2) is 4.03. The molecule has 0 aromatic carbocycles. The van der Waals surface area contributed by atoms with Crippen LogP contribution in [0.5, 0.6) is 0 Å². The number of likely N-dealkylation sites (tertiary alicyclic amines) is 2. The van der Waals surface area contributed by atoms with Crippen LogP contribution in [0.1, 0.15) is 25.7 Å². The molecule has 0 aliphatic carbocycles. The highest BCUT2D eigenvalue weighted by Crippen LogP contribution is 2.14. The van der Waals surface area contributed by atoms with Gasteiger partial charge in [0, 0.05) is 38.8 Å². The van der Waals surface area contributed by atoms with E-state index in [1.807, 2.05) is 0 Å². The fraction of sp³-hybridized carbons (Fsp3) is 0.600. The van der Waals surface area contributed by atoms with E-state index < -0.39 is 0 Å². The average Bonchev–Trinajstić information content (AvgIpc) is 2.72. The maximum absolute atomic E-state index is 11.3. The van der Waals surface area contributed by atoms with Gasteiger partial charge in [0.25, 0.3) is 0 Å². The van der Waals surface area contributed by atoms with E-state index in [1.54, 1.807) is 0 Å². The van der Waals surface area contributed by atoms with E-state index in [2.05, 4.69) is 0 Å². The van der Waals surface area contributed by atoms with Gasteiger partial charge >= 0.3 is 0 Å². The van der Waals surface area contributed by atoms with Crippen LogP contribution in [-0.4, -0.2) is 46.5 Å². The first-order chi connectivity index (χ1) is 7.59. The van der Waals surface area contributed by atoms with Crippen molar-refractivity contribution in [2.75, 3.05) is 13.1 Å². The third-order valence-corrected chi connectivity index (χ3v) is 2.86. The number of carbonyl (C=O) groups excluding carboxylic acids is 4. The number of rotatable bonds is 3. The first-order valence-corrected chi connectivity index (χ1v) is 5.26. The van der Waals surface area contributed by atoms with Crippen molar-refractivity contribution >= 4 is 23.6 Å². The average molecular weight is 224 g/mol. The third-order valence-electron chi connectivity index (χ3n) is 2.86. The van der Waals surface area contributed by atoms with Gasteiger partial charge in [-0.2, -0.15) is 0 Å². The molecule has 2 rings (SSSR count). The minimum Gasteiger partial charge on any atom is -0.281 e. The standard InChI is InChI=1S/C10H12N2O4/c13-7-1-2-8(14)11(7)5-6-12-9(15)3-4-10(12)16/h1-6H2. The molecule has 6 nitrogen and oxygen atoms in total. The lowest BCUT2D eigenvalue weighted by Crippen LogP contribution is -2.40. The summed E-state index contributed by atoms with van der Waals surface area (Å²) in [6.07, 6.45) is 0.947. The quantitative estimate of drug-likeness (QED) is 0.593. The van der Waals surface area contributed by atoms with Crippen molar-refractivity contribution in [1.82, 2.24) is 9.80 Å². The molecular weight excluding hydrogens is 212 g/mol. The number of amides is 4. The Bertz CT molecular complexity index is 309. The maximum atomic E-state index is 11.3. The van der Waals surface area contributed by atoms with Crippen molar-refractivity contribution < 1.29 is 19.2 Å². The predicted octanol–water partition coefficient (Wildman–Crippen LogP) is -0.716. The van der Waals surface area contributed by atoms with Crippen LogP contribution in [0.2, 0.25) is 0 Å². The van der Waals surface area contributed by atoms with Gasteiger partial charge in [-0.25, -0.2) is 0 Å². The van der Waals surface area contributed by atoms with E-state index in [9.17, 15) is 19.2 Å². The Labute approximate surface area is 92.2 Å². The van der Waals surface area contributed by atoms with E-state index in [4.69, 9.17) is 0 Å². The molecule has 4 amide bonds. The van der Waals surface area contributed by atoms with Crippen molar-refractivity contribution in [2.45, 2.75) is 25.7 Å². The SMILES string of the molecule is O=C1CCC(=O)N1CCN1C(=O)CCC1=O. The molecular formula is C10H12N2O4. The lowest BCUT2D eigenvalue weighted by Gasteiger charge is -2.18. The summed E-state index contributed by atoms with van der Waals surface area (Å²) in [6, 6.07) is 0. The zero-order chi connectivity index (χ0) is 11.7. The monoisotopic (exact) mass is 224 g/mol. The second-order valence-electron chi connectivity index (χ2n) is 3.88. The minimum absolute atomic E-state index is 0.134. The smallest absolute Gasteiger partial charge is 0.229 e. The Kier molecular flexibility index (Phi) is 2.72. The van der Waals surface area contributed by atoms with Gasteiger partial charge in [-0.3, -0.25) is 29.0 Å². The van der Waals surface area contributed by atoms with Crippen molar-refractivity contribution in [3.05, 3.63) is 0 Å². The summed E-state index contributed by atoms with van der Waals surface area (Å²) < 4.78 is 0. The fourth-order valence-electron chi connectivity index (χ4n) is 1.94. The predicted molar refractivity (Wildman–Crippen MR) is 51.9 cm³/mol. The van der Waals surface area contributed by atoms with Gasteiger partial charge in [0.05, 0.1) is 0 Å². The number of carbonyl (C=O) groups is 4. The molecule has 0 atom stereocenters. The molecule has 16 heavy (non-hydrogen) atoms. The van der Waals surface area contributed by atoms with Crippen LogP contribution in [-0.2, 0) is 19.2 Å². The minimum atomic E-state index is -0.218. The molecule has 2 saturated heterocycles. The highest BCUT2D eigenvalue weighted by atomic mass is 16.2. The van der Waals surface area contributed by atoms with Gasteiger partial charge in [-0.15, -0.1) is 0 Å². The molecule has 2 heterocycles. The Morgan fingerprint density at radius 2 is 0.875 bits per heavy atom. The lowest BCUT2D eigenvalue weighted by atomic mass is 10.4. The van der Waals surface area contributed by atoms with Gasteiger partial charge in [-0.1, -0.05) is 0 Å². The summed E-state index contributed by atoms with van der Waals surface area (Å²) in [4.78, 5) is 47.3. The molecule has 86 valence electrons. The molecule has 0 aromatic heterocycles. The Balaban J connectivity index is 1.92. The van der Waals surface area contributed by atoms with Gasteiger partial charge < -0.3 is 0 Å². The molecule has 0 bridgehead atoms. The molecule has 0 spiro atoms. The molecule has 2 aliphatic rings. The van der Waals surface area contributed by atoms with Crippen LogP contribution >= 0.6 is 0 Å². The number of hydrogen-bond donors (Lipinski definition) is 0. The molecule has 0 unspecified atom stereocenters. The van der Waals surface area contributed by atoms with Crippen LogP contribution < -0.4 is 0 Å². The van der Waals surface area contributed by atoms with Crippen LogP contribution in [0.4, 0.5) is 0 Å². The zero-order valence-electron chi connectivity index (χ0n) is 8.77. The zero-order valence-corrected chi connectivity index (χ0v) is 8.77. The van der Waals surface area contributed by atoms with Gasteiger partial charge in [-0.05, 0) is 0 Å². The fourth-order valence-corrected chi connectivity index (χ4v) is 1.94. The Morgan fingerprint density at radius 3 is 1.12 bits per heavy atom. The second-order valence-corrected chi connectivity index (χ2v) is 3.88. The van der Waals surface area contributed by atoms with Crippen molar-refractivity contribution in [2.24, 2.45) is 0 Å². The van der Waals surface area contributed by atoms with Gasteiger partial charge in [0.1, 0.15) is 0 Å². The topological polar surface area (TPSA) is 74.8 Å². The van der Waals surface area contributed by atoms with Crippen LogP contribution in [0.25, 0.3) is 0 Å². The Hall–Kier alpha value is -1.72. The molecule has 6 heteroatoms. The Morgan fingerprint density at radius 1 is 0.625 bits per heavy atom. The third kappa shape index (κ3) is 1.82. The summed E-state index contributed by atoms with van der Waals surface area (Å²) in [7, 11) is 0. The van der Waals surface area contributed by atoms with Crippen molar-refractivity contribution in [1.29, 1.82) is 0 Å². The summed E-state index contributed by atoms with van der Waals surface area (Å²) in [5.74, 6) is -0.874. The number of imide groups is 2. The maximum Gasteiger partial charge on any atom is 0.229 e. The summed E-state index contributed by atoms with van der Waals surface area (Å²) in [5.41, 5.74) is 0. The van der Waals surface area contributed by atoms with Crippen molar-refractivity contribution in [3.63, 3.8) is 0 Å².